The van der Waals surface area contributed by atoms with Crippen molar-refractivity contribution in [1.29, 1.82) is 0 Å². The number of hydrogen-bond donors (Lipinski definition) is 0. The molecule has 45 heavy (non-hydrogen) atoms. The van der Waals surface area contributed by atoms with Crippen LogP contribution < -0.4 is 4.74 Å². The fraction of sp³-hybridized carbons (Fsp3) is 0.257. The van der Waals surface area contributed by atoms with Crippen LogP contribution in [0.5, 0.6) is 5.75 Å². The standard InChI is InChI=1S/C35H27F9O/c1-2-3-4-19-5-7-20(8-6-19)21-9-11-25(27(36)13-21)22-14-29(38)33(30(39)15-22)35(43,44)45-24-10-12-26(28(37)18-24)23-16-31(40)34(42)32(41)17-23/h2-3,9-20H,4-8H2,1H3/b3-2-. The van der Waals surface area contributed by atoms with Crippen LogP contribution in [-0.4, -0.2) is 0 Å². The molecule has 1 aliphatic rings. The fourth-order valence-corrected chi connectivity index (χ4v) is 5.79. The van der Waals surface area contributed by atoms with Gasteiger partial charge in [-0.05, 0) is 110 Å². The van der Waals surface area contributed by atoms with E-state index in [2.05, 4.69) is 10.8 Å². The molecule has 4 aromatic carbocycles. The minimum Gasteiger partial charge on any atom is -0.429 e. The molecule has 236 valence electrons. The summed E-state index contributed by atoms with van der Waals surface area (Å²) in [6, 6.07) is 8.48. The quantitative estimate of drug-likeness (QED) is 0.106. The highest BCUT2D eigenvalue weighted by atomic mass is 19.3. The molecular formula is C35H27F9O. The second-order valence-electron chi connectivity index (χ2n) is 11.1. The van der Waals surface area contributed by atoms with Crippen LogP contribution >= 0.6 is 0 Å². The first kappa shape index (κ1) is 32.2. The van der Waals surface area contributed by atoms with Crippen LogP contribution in [-0.2, 0) is 6.11 Å². The monoisotopic (exact) mass is 634 g/mol. The normalized spacial score (nSPS) is 17.2. The van der Waals surface area contributed by atoms with Gasteiger partial charge in [0.1, 0.15) is 34.6 Å². The van der Waals surface area contributed by atoms with Crippen molar-refractivity contribution in [2.24, 2.45) is 5.92 Å². The van der Waals surface area contributed by atoms with E-state index in [1.54, 1.807) is 6.07 Å². The Morgan fingerprint density at radius 2 is 1.20 bits per heavy atom. The molecule has 0 amide bonds. The molecule has 1 saturated carbocycles. The average molecular weight is 635 g/mol. The molecule has 1 nitrogen and oxygen atoms in total. The zero-order valence-corrected chi connectivity index (χ0v) is 23.9. The predicted molar refractivity (Wildman–Crippen MR) is 152 cm³/mol. The molecule has 0 saturated heterocycles. The summed E-state index contributed by atoms with van der Waals surface area (Å²) in [5.41, 5.74) is -2.42. The van der Waals surface area contributed by atoms with E-state index >= 15 is 4.39 Å². The van der Waals surface area contributed by atoms with Crippen LogP contribution in [0.2, 0.25) is 0 Å². The third-order valence-electron chi connectivity index (χ3n) is 8.14. The molecule has 0 aromatic heterocycles. The molecule has 0 unspecified atom stereocenters. The van der Waals surface area contributed by atoms with E-state index < -0.39 is 69.3 Å². The van der Waals surface area contributed by atoms with E-state index in [-0.39, 0.29) is 17.0 Å². The van der Waals surface area contributed by atoms with Crippen molar-refractivity contribution in [2.75, 3.05) is 0 Å². The Kier molecular flexibility index (Phi) is 9.32. The highest BCUT2D eigenvalue weighted by Gasteiger charge is 2.41. The van der Waals surface area contributed by atoms with Gasteiger partial charge < -0.3 is 4.74 Å². The summed E-state index contributed by atoms with van der Waals surface area (Å²) in [5.74, 6) is -10.6. The summed E-state index contributed by atoms with van der Waals surface area (Å²) in [4.78, 5) is 0. The van der Waals surface area contributed by atoms with Gasteiger partial charge in [-0.2, -0.15) is 8.78 Å². The van der Waals surface area contributed by atoms with Crippen molar-refractivity contribution in [1.82, 2.24) is 0 Å². The number of ether oxygens (including phenoxy) is 1. The van der Waals surface area contributed by atoms with Crippen molar-refractivity contribution in [3.63, 3.8) is 0 Å². The summed E-state index contributed by atoms with van der Waals surface area (Å²) >= 11 is 0. The number of halogens is 9. The van der Waals surface area contributed by atoms with Crippen molar-refractivity contribution < 1.29 is 44.3 Å². The van der Waals surface area contributed by atoms with Crippen LogP contribution in [0.15, 0.2) is 72.8 Å². The van der Waals surface area contributed by atoms with Gasteiger partial charge >= 0.3 is 6.11 Å². The zero-order valence-electron chi connectivity index (χ0n) is 23.9. The maximum Gasteiger partial charge on any atom is 0.432 e. The number of benzene rings is 4. The molecule has 1 fully saturated rings. The lowest BCUT2D eigenvalue weighted by Crippen LogP contribution is -2.25. The maximum absolute atomic E-state index is 15.2. The Morgan fingerprint density at radius 3 is 1.73 bits per heavy atom. The van der Waals surface area contributed by atoms with Crippen molar-refractivity contribution >= 4 is 0 Å². The molecule has 10 heteroatoms. The van der Waals surface area contributed by atoms with Crippen LogP contribution in [0.3, 0.4) is 0 Å². The van der Waals surface area contributed by atoms with E-state index in [1.807, 2.05) is 13.0 Å². The van der Waals surface area contributed by atoms with E-state index in [1.165, 1.54) is 12.1 Å². The molecule has 0 bridgehead atoms. The first-order valence-electron chi connectivity index (χ1n) is 14.3. The van der Waals surface area contributed by atoms with Crippen molar-refractivity contribution in [3.8, 4) is 28.0 Å². The SMILES string of the molecule is C/C=C\CC1CCC(c2ccc(-c3cc(F)c(C(F)(F)Oc4ccc(-c5cc(F)c(F)c(F)c5)c(F)c4)c(F)c3)c(F)c2)CC1. The first-order chi connectivity index (χ1) is 21.4. The predicted octanol–water partition coefficient (Wildman–Crippen LogP) is 11.4. The third kappa shape index (κ3) is 6.89. The summed E-state index contributed by atoms with van der Waals surface area (Å²) in [6.07, 6.45) is 4.25. The Labute approximate surface area is 254 Å². The van der Waals surface area contributed by atoms with E-state index in [0.717, 1.165) is 49.8 Å². The number of alkyl halides is 2. The molecular weight excluding hydrogens is 607 g/mol. The fourth-order valence-electron chi connectivity index (χ4n) is 5.79. The molecule has 0 heterocycles. The lowest BCUT2D eigenvalue weighted by atomic mass is 9.77. The zero-order chi connectivity index (χ0) is 32.5. The summed E-state index contributed by atoms with van der Waals surface area (Å²) < 4.78 is 135. The Balaban J connectivity index is 1.34. The van der Waals surface area contributed by atoms with Gasteiger partial charge in [-0.15, -0.1) is 0 Å². The Morgan fingerprint density at radius 1 is 0.667 bits per heavy atom. The molecule has 0 atom stereocenters. The maximum atomic E-state index is 15.2. The number of hydrogen-bond acceptors (Lipinski definition) is 1. The largest absolute Gasteiger partial charge is 0.432 e. The highest BCUT2D eigenvalue weighted by molar-refractivity contribution is 5.66. The molecule has 0 spiro atoms. The molecule has 0 radical (unpaired) electrons. The number of rotatable bonds is 8. The van der Waals surface area contributed by atoms with Gasteiger partial charge in [-0.1, -0.05) is 24.3 Å². The Hall–Kier alpha value is -4.21. The van der Waals surface area contributed by atoms with Crippen LogP contribution in [0.4, 0.5) is 39.5 Å². The molecule has 4 aromatic rings. The van der Waals surface area contributed by atoms with Gasteiger partial charge in [-0.25, -0.2) is 30.7 Å². The second-order valence-corrected chi connectivity index (χ2v) is 11.1. The van der Waals surface area contributed by atoms with Crippen molar-refractivity contribution in [2.45, 2.75) is 51.1 Å². The second kappa shape index (κ2) is 13.0. The van der Waals surface area contributed by atoms with E-state index in [9.17, 15) is 35.1 Å². The topological polar surface area (TPSA) is 9.23 Å². The molecule has 0 aliphatic heterocycles. The van der Waals surface area contributed by atoms with Gasteiger partial charge in [0, 0.05) is 17.2 Å². The highest BCUT2D eigenvalue weighted by Crippen LogP contribution is 2.41. The van der Waals surface area contributed by atoms with Crippen LogP contribution in [0, 0.1) is 46.6 Å². The molecule has 5 rings (SSSR count). The Bertz CT molecular complexity index is 1690. The minimum atomic E-state index is -4.65. The van der Waals surface area contributed by atoms with Gasteiger partial charge in [0.2, 0.25) is 0 Å². The molecule has 0 N–H and O–H groups in total. The smallest absolute Gasteiger partial charge is 0.429 e. The first-order valence-corrected chi connectivity index (χ1v) is 14.3. The van der Waals surface area contributed by atoms with E-state index in [0.29, 0.717) is 36.2 Å². The number of allylic oxidation sites excluding steroid dienone is 2. The summed E-state index contributed by atoms with van der Waals surface area (Å²) in [6.45, 7) is 1.97. The molecule has 1 aliphatic carbocycles. The van der Waals surface area contributed by atoms with Crippen LogP contribution in [0.1, 0.15) is 56.1 Å². The summed E-state index contributed by atoms with van der Waals surface area (Å²) in [7, 11) is 0. The minimum absolute atomic E-state index is 0.138. The third-order valence-corrected chi connectivity index (χ3v) is 8.14. The average Bonchev–Trinajstić information content (AvgIpc) is 2.98. The van der Waals surface area contributed by atoms with Gasteiger partial charge in [0.15, 0.2) is 17.5 Å². The van der Waals surface area contributed by atoms with Gasteiger partial charge in [0.25, 0.3) is 0 Å². The van der Waals surface area contributed by atoms with Crippen LogP contribution in [0.25, 0.3) is 22.3 Å². The van der Waals surface area contributed by atoms with Crippen molar-refractivity contribution in [3.05, 3.63) is 125 Å². The van der Waals surface area contributed by atoms with Gasteiger partial charge in [0.05, 0.1) is 0 Å². The lowest BCUT2D eigenvalue weighted by molar-refractivity contribution is -0.189. The van der Waals surface area contributed by atoms with Gasteiger partial charge in [-0.3, -0.25) is 0 Å². The lowest BCUT2D eigenvalue weighted by Gasteiger charge is -2.28. The van der Waals surface area contributed by atoms with E-state index in [4.69, 9.17) is 0 Å². The summed E-state index contributed by atoms with van der Waals surface area (Å²) in [5, 5.41) is 0.